The molecular weight excluding hydrogens is 416 g/mol. The Labute approximate surface area is 194 Å². The van der Waals surface area contributed by atoms with Gasteiger partial charge >= 0.3 is 0 Å². The van der Waals surface area contributed by atoms with Gasteiger partial charge in [0.05, 0.1) is 18.1 Å². The second-order valence-electron chi connectivity index (χ2n) is 8.95. The van der Waals surface area contributed by atoms with Crippen molar-refractivity contribution in [3.63, 3.8) is 0 Å². The minimum absolute atomic E-state index is 0.0540. The molecule has 1 fully saturated rings. The third-order valence-electron chi connectivity index (χ3n) is 6.10. The number of fused-ring (bicyclic) bond motifs is 1. The van der Waals surface area contributed by atoms with Gasteiger partial charge in [0, 0.05) is 39.1 Å². The molecule has 0 N–H and O–H groups in total. The summed E-state index contributed by atoms with van der Waals surface area (Å²) in [7, 11) is 1.64. The van der Waals surface area contributed by atoms with Crippen molar-refractivity contribution in [1.82, 2.24) is 14.5 Å². The summed E-state index contributed by atoms with van der Waals surface area (Å²) in [5.74, 6) is 1.80. The molecule has 1 aromatic heterocycles. The van der Waals surface area contributed by atoms with Gasteiger partial charge in [-0.2, -0.15) is 0 Å². The molecule has 0 aliphatic carbocycles. The topological polar surface area (TPSA) is 67.7 Å². The van der Waals surface area contributed by atoms with Crippen LogP contribution in [0.2, 0.25) is 0 Å². The SMILES string of the molecule is COc1ccc(CCC(=O)N2CCN(c3nc4ccccc4n(CC(C)C)c3=O)CC2)cc1. The van der Waals surface area contributed by atoms with Gasteiger partial charge in [0.2, 0.25) is 5.91 Å². The maximum Gasteiger partial charge on any atom is 0.294 e. The number of piperazine rings is 1. The molecule has 2 heterocycles. The van der Waals surface area contributed by atoms with E-state index in [-0.39, 0.29) is 11.5 Å². The van der Waals surface area contributed by atoms with Crippen molar-refractivity contribution < 1.29 is 9.53 Å². The van der Waals surface area contributed by atoms with Gasteiger partial charge in [-0.15, -0.1) is 0 Å². The third kappa shape index (κ3) is 5.18. The predicted octanol–water partition coefficient (Wildman–Crippen LogP) is 3.34. The van der Waals surface area contributed by atoms with E-state index >= 15 is 0 Å². The number of hydrogen-bond acceptors (Lipinski definition) is 5. The minimum atomic E-state index is -0.0540. The Morgan fingerprint density at radius 1 is 1.03 bits per heavy atom. The van der Waals surface area contributed by atoms with Crippen LogP contribution in [0.1, 0.15) is 25.8 Å². The number of nitrogens with zero attached hydrogens (tertiary/aromatic N) is 4. The maximum atomic E-state index is 13.3. The summed E-state index contributed by atoms with van der Waals surface area (Å²) in [5.41, 5.74) is 2.76. The average molecular weight is 449 g/mol. The molecule has 0 unspecified atom stereocenters. The fourth-order valence-electron chi connectivity index (χ4n) is 4.30. The number of para-hydroxylation sites is 2. The maximum absolute atomic E-state index is 13.3. The van der Waals surface area contributed by atoms with Gasteiger partial charge in [0.1, 0.15) is 5.75 Å². The van der Waals surface area contributed by atoms with Gasteiger partial charge in [-0.05, 0) is 42.2 Å². The lowest BCUT2D eigenvalue weighted by atomic mass is 10.1. The van der Waals surface area contributed by atoms with Crippen molar-refractivity contribution in [2.75, 3.05) is 38.2 Å². The Balaban J connectivity index is 1.42. The fourth-order valence-corrected chi connectivity index (χ4v) is 4.30. The van der Waals surface area contributed by atoms with Gasteiger partial charge in [0.25, 0.3) is 5.56 Å². The number of methoxy groups -OCH3 is 1. The van der Waals surface area contributed by atoms with Crippen LogP contribution in [-0.4, -0.2) is 53.6 Å². The first-order chi connectivity index (χ1) is 16.0. The van der Waals surface area contributed by atoms with Crippen molar-refractivity contribution in [3.8, 4) is 5.75 Å². The van der Waals surface area contributed by atoms with Gasteiger partial charge in [-0.1, -0.05) is 38.1 Å². The lowest BCUT2D eigenvalue weighted by Gasteiger charge is -2.35. The van der Waals surface area contributed by atoms with Crippen LogP contribution in [-0.2, 0) is 17.8 Å². The van der Waals surface area contributed by atoms with E-state index in [4.69, 9.17) is 9.72 Å². The van der Waals surface area contributed by atoms with E-state index < -0.39 is 0 Å². The van der Waals surface area contributed by atoms with Gasteiger partial charge in [-0.25, -0.2) is 4.98 Å². The standard InChI is InChI=1S/C26H32N4O3/c1-19(2)18-30-23-7-5-4-6-22(23)27-25(26(30)32)29-16-14-28(15-17-29)24(31)13-10-20-8-11-21(33-3)12-9-20/h4-9,11-12,19H,10,13-18H2,1-3H3. The zero-order valence-corrected chi connectivity index (χ0v) is 19.7. The van der Waals surface area contributed by atoms with E-state index in [1.807, 2.05) is 62.9 Å². The molecule has 0 radical (unpaired) electrons. The molecule has 33 heavy (non-hydrogen) atoms. The monoisotopic (exact) mass is 448 g/mol. The van der Waals surface area contributed by atoms with E-state index in [1.165, 1.54) is 0 Å². The highest BCUT2D eigenvalue weighted by molar-refractivity contribution is 5.77. The molecule has 174 valence electrons. The number of rotatable bonds is 7. The first-order valence-electron chi connectivity index (χ1n) is 11.6. The molecule has 0 bridgehead atoms. The molecular formula is C26H32N4O3. The third-order valence-corrected chi connectivity index (χ3v) is 6.10. The van der Waals surface area contributed by atoms with Crippen LogP contribution in [0.15, 0.2) is 53.3 Å². The predicted molar refractivity (Wildman–Crippen MR) is 131 cm³/mol. The molecule has 7 heteroatoms. The number of carbonyl (C=O) groups is 1. The van der Waals surface area contributed by atoms with Crippen LogP contribution < -0.4 is 15.2 Å². The van der Waals surface area contributed by atoms with Crippen molar-refractivity contribution in [3.05, 3.63) is 64.4 Å². The molecule has 1 saturated heterocycles. The molecule has 2 aromatic carbocycles. The summed E-state index contributed by atoms with van der Waals surface area (Å²) in [6.07, 6.45) is 1.18. The number of benzene rings is 2. The average Bonchev–Trinajstić information content (AvgIpc) is 2.84. The molecule has 3 aromatic rings. The van der Waals surface area contributed by atoms with E-state index in [2.05, 4.69) is 13.8 Å². The van der Waals surface area contributed by atoms with Crippen LogP contribution in [0, 0.1) is 5.92 Å². The Morgan fingerprint density at radius 3 is 2.39 bits per heavy atom. The normalized spacial score (nSPS) is 14.2. The van der Waals surface area contributed by atoms with Crippen molar-refractivity contribution in [2.45, 2.75) is 33.2 Å². The number of hydrogen-bond donors (Lipinski definition) is 0. The van der Waals surface area contributed by atoms with Crippen molar-refractivity contribution >= 4 is 22.8 Å². The zero-order chi connectivity index (χ0) is 23.4. The van der Waals surface area contributed by atoms with E-state index in [0.717, 1.165) is 22.3 Å². The van der Waals surface area contributed by atoms with Gasteiger partial charge < -0.3 is 19.1 Å². The zero-order valence-electron chi connectivity index (χ0n) is 19.7. The number of aromatic nitrogens is 2. The Bertz CT molecular complexity index is 1160. The Hall–Kier alpha value is -3.35. The van der Waals surface area contributed by atoms with E-state index in [1.54, 1.807) is 7.11 Å². The summed E-state index contributed by atoms with van der Waals surface area (Å²) in [6, 6.07) is 15.6. The highest BCUT2D eigenvalue weighted by atomic mass is 16.5. The summed E-state index contributed by atoms with van der Waals surface area (Å²) in [6.45, 7) is 7.28. The Kier molecular flexibility index (Phi) is 6.96. The molecule has 0 atom stereocenters. The van der Waals surface area contributed by atoms with Gasteiger partial charge in [0.15, 0.2) is 5.82 Å². The molecule has 0 spiro atoms. The van der Waals surface area contributed by atoms with Gasteiger partial charge in [-0.3, -0.25) is 9.59 Å². The smallest absolute Gasteiger partial charge is 0.294 e. The second-order valence-corrected chi connectivity index (χ2v) is 8.95. The first kappa shape index (κ1) is 22.8. The van der Waals surface area contributed by atoms with Crippen LogP contribution in [0.3, 0.4) is 0 Å². The number of carbonyl (C=O) groups excluding carboxylic acids is 1. The number of ether oxygens (including phenoxy) is 1. The highest BCUT2D eigenvalue weighted by Gasteiger charge is 2.24. The fraction of sp³-hybridized carbons (Fsp3) is 0.423. The molecule has 1 amide bonds. The molecule has 7 nitrogen and oxygen atoms in total. The minimum Gasteiger partial charge on any atom is -0.497 e. The van der Waals surface area contributed by atoms with Crippen LogP contribution >= 0.6 is 0 Å². The van der Waals surface area contributed by atoms with Crippen molar-refractivity contribution in [2.24, 2.45) is 5.92 Å². The first-order valence-corrected chi connectivity index (χ1v) is 11.6. The molecule has 1 aliphatic heterocycles. The van der Waals surface area contributed by atoms with Crippen molar-refractivity contribution in [1.29, 1.82) is 0 Å². The van der Waals surface area contributed by atoms with Crippen LogP contribution in [0.4, 0.5) is 5.82 Å². The summed E-state index contributed by atoms with van der Waals surface area (Å²) >= 11 is 0. The number of amides is 1. The quantitative estimate of drug-likeness (QED) is 0.555. The lowest BCUT2D eigenvalue weighted by molar-refractivity contribution is -0.131. The largest absolute Gasteiger partial charge is 0.497 e. The Morgan fingerprint density at radius 2 is 1.73 bits per heavy atom. The summed E-state index contributed by atoms with van der Waals surface area (Å²) in [4.78, 5) is 34.7. The number of anilines is 1. The molecule has 4 rings (SSSR count). The highest BCUT2D eigenvalue weighted by Crippen LogP contribution is 2.18. The van der Waals surface area contributed by atoms with Crippen LogP contribution in [0.25, 0.3) is 11.0 Å². The molecule has 0 saturated carbocycles. The second kappa shape index (κ2) is 10.1. The van der Waals surface area contributed by atoms with Crippen LogP contribution in [0.5, 0.6) is 5.75 Å². The summed E-state index contributed by atoms with van der Waals surface area (Å²) < 4.78 is 7.03. The lowest BCUT2D eigenvalue weighted by Crippen LogP contribution is -2.50. The van der Waals surface area contributed by atoms with E-state index in [0.29, 0.717) is 57.3 Å². The molecule has 1 aliphatic rings. The van der Waals surface area contributed by atoms with E-state index in [9.17, 15) is 9.59 Å². The summed E-state index contributed by atoms with van der Waals surface area (Å²) in [5, 5.41) is 0. The number of aryl methyl sites for hydroxylation is 1.